The Kier molecular flexibility index (Phi) is 3.47. The lowest BCUT2D eigenvalue weighted by atomic mass is 10.2. The summed E-state index contributed by atoms with van der Waals surface area (Å²) in [5, 5.41) is 0. The Bertz CT molecular complexity index is 750. The molecule has 0 bridgehead atoms. The van der Waals surface area contributed by atoms with Crippen molar-refractivity contribution in [3.63, 3.8) is 0 Å². The minimum Gasteiger partial charge on any atom is -0.494 e. The third-order valence-corrected chi connectivity index (χ3v) is 3.41. The second-order valence-electron chi connectivity index (χ2n) is 4.75. The van der Waals surface area contributed by atoms with Crippen LogP contribution in [0.4, 0.5) is 10.3 Å². The van der Waals surface area contributed by atoms with Crippen molar-refractivity contribution < 1.29 is 9.13 Å². The number of methoxy groups -OCH3 is 1. The summed E-state index contributed by atoms with van der Waals surface area (Å²) in [6.45, 7) is 1.52. The van der Waals surface area contributed by atoms with Crippen LogP contribution in [0, 0.1) is 5.82 Å². The Labute approximate surface area is 121 Å². The van der Waals surface area contributed by atoms with E-state index in [0.717, 1.165) is 18.5 Å². The second-order valence-corrected chi connectivity index (χ2v) is 4.75. The number of nitrogens with zero attached hydrogens (tertiary/aromatic N) is 4. The summed E-state index contributed by atoms with van der Waals surface area (Å²) in [5.74, 6) is 0.134. The first-order valence-corrected chi connectivity index (χ1v) is 6.64. The first kappa shape index (κ1) is 13.4. The lowest BCUT2D eigenvalue weighted by Gasteiger charge is -2.08. The number of benzene rings is 1. The van der Waals surface area contributed by atoms with Crippen LogP contribution < -0.4 is 10.5 Å². The van der Waals surface area contributed by atoms with Gasteiger partial charge in [0.15, 0.2) is 11.6 Å². The quantitative estimate of drug-likeness (QED) is 0.780. The number of fused-ring (bicyclic) bond motifs is 1. The van der Waals surface area contributed by atoms with E-state index in [-0.39, 0.29) is 5.75 Å². The molecule has 2 heterocycles. The number of hydrogen-bond acceptors (Lipinski definition) is 4. The summed E-state index contributed by atoms with van der Waals surface area (Å²) in [7, 11) is 1.44. The summed E-state index contributed by atoms with van der Waals surface area (Å²) >= 11 is 0. The predicted octanol–water partition coefficient (Wildman–Crippen LogP) is 2.05. The van der Waals surface area contributed by atoms with Gasteiger partial charge in [-0.2, -0.15) is 0 Å². The van der Waals surface area contributed by atoms with Crippen LogP contribution in [0.1, 0.15) is 6.42 Å². The number of anilines is 1. The molecule has 0 saturated heterocycles. The van der Waals surface area contributed by atoms with Gasteiger partial charge in [0.25, 0.3) is 0 Å². The van der Waals surface area contributed by atoms with Gasteiger partial charge >= 0.3 is 0 Å². The lowest BCUT2D eigenvalue weighted by molar-refractivity contribution is 0.387. The third-order valence-electron chi connectivity index (χ3n) is 3.41. The Morgan fingerprint density at radius 1 is 1.33 bits per heavy atom. The molecule has 0 fully saturated rings. The van der Waals surface area contributed by atoms with E-state index in [9.17, 15) is 4.39 Å². The third kappa shape index (κ3) is 2.54. The summed E-state index contributed by atoms with van der Waals surface area (Å²) in [5.41, 5.74) is 7.23. The van der Waals surface area contributed by atoms with Crippen molar-refractivity contribution in [2.45, 2.75) is 19.5 Å². The van der Waals surface area contributed by atoms with Crippen molar-refractivity contribution >= 4 is 17.0 Å². The van der Waals surface area contributed by atoms with Crippen LogP contribution in [0.3, 0.4) is 0 Å². The maximum Gasteiger partial charge on any atom is 0.201 e. The first-order valence-electron chi connectivity index (χ1n) is 6.64. The van der Waals surface area contributed by atoms with Gasteiger partial charge in [0, 0.05) is 37.6 Å². The summed E-state index contributed by atoms with van der Waals surface area (Å²) in [4.78, 5) is 8.19. The molecule has 0 amide bonds. The van der Waals surface area contributed by atoms with Crippen molar-refractivity contribution in [2.75, 3.05) is 12.8 Å². The zero-order valence-corrected chi connectivity index (χ0v) is 11.7. The van der Waals surface area contributed by atoms with Crippen LogP contribution in [0.25, 0.3) is 11.0 Å². The normalized spacial score (nSPS) is 11.1. The molecule has 0 spiro atoms. The Morgan fingerprint density at radius 3 is 2.90 bits per heavy atom. The fourth-order valence-corrected chi connectivity index (χ4v) is 2.37. The molecular weight excluding hydrogens is 273 g/mol. The maximum absolute atomic E-state index is 13.7. The van der Waals surface area contributed by atoms with Crippen molar-refractivity contribution in [1.82, 2.24) is 19.1 Å². The van der Waals surface area contributed by atoms with Crippen LogP contribution in [0.15, 0.2) is 30.9 Å². The first-order chi connectivity index (χ1) is 10.2. The van der Waals surface area contributed by atoms with Gasteiger partial charge in [0.05, 0.1) is 24.5 Å². The van der Waals surface area contributed by atoms with Gasteiger partial charge in [0.1, 0.15) is 0 Å². The van der Waals surface area contributed by atoms with Gasteiger partial charge in [-0.3, -0.25) is 0 Å². The van der Waals surface area contributed by atoms with Crippen molar-refractivity contribution in [1.29, 1.82) is 0 Å². The molecular formula is C14H16FN5O. The van der Waals surface area contributed by atoms with E-state index in [1.807, 2.05) is 15.3 Å². The molecule has 0 aliphatic rings. The van der Waals surface area contributed by atoms with Crippen LogP contribution >= 0.6 is 0 Å². The number of ether oxygens (including phenoxy) is 1. The topological polar surface area (TPSA) is 70.9 Å². The number of nitrogens with two attached hydrogens (primary N) is 1. The number of nitrogen functional groups attached to an aromatic ring is 1. The molecule has 0 radical (unpaired) electrons. The molecule has 0 atom stereocenters. The lowest BCUT2D eigenvalue weighted by Crippen LogP contribution is -2.06. The van der Waals surface area contributed by atoms with Crippen molar-refractivity contribution in [2.24, 2.45) is 0 Å². The maximum atomic E-state index is 13.7. The van der Waals surface area contributed by atoms with Gasteiger partial charge in [0.2, 0.25) is 5.95 Å². The molecule has 110 valence electrons. The van der Waals surface area contributed by atoms with Gasteiger partial charge in [-0.15, -0.1) is 0 Å². The summed E-state index contributed by atoms with van der Waals surface area (Å²) < 4.78 is 22.5. The number of aromatic nitrogens is 4. The minimum atomic E-state index is -0.437. The fourth-order valence-electron chi connectivity index (χ4n) is 2.37. The average Bonchev–Trinajstić information content (AvgIpc) is 3.07. The smallest absolute Gasteiger partial charge is 0.201 e. The van der Waals surface area contributed by atoms with Crippen molar-refractivity contribution in [3.8, 4) is 5.75 Å². The molecule has 6 nitrogen and oxygen atoms in total. The molecule has 3 rings (SSSR count). The van der Waals surface area contributed by atoms with Crippen LogP contribution in [0.5, 0.6) is 5.75 Å². The van der Waals surface area contributed by atoms with E-state index < -0.39 is 5.82 Å². The SMILES string of the molecule is COc1cc2c(cc1F)nc(N)n2CCCn1ccnc1. The van der Waals surface area contributed by atoms with E-state index >= 15 is 0 Å². The molecule has 0 aliphatic heterocycles. The highest BCUT2D eigenvalue weighted by molar-refractivity contribution is 5.80. The highest BCUT2D eigenvalue weighted by Crippen LogP contribution is 2.26. The predicted molar refractivity (Wildman–Crippen MR) is 77.5 cm³/mol. The van der Waals surface area contributed by atoms with Crippen molar-refractivity contribution in [3.05, 3.63) is 36.7 Å². The van der Waals surface area contributed by atoms with E-state index in [0.29, 0.717) is 18.0 Å². The Morgan fingerprint density at radius 2 is 2.19 bits per heavy atom. The average molecular weight is 289 g/mol. The van der Waals surface area contributed by atoms with Crippen LogP contribution in [-0.4, -0.2) is 26.2 Å². The van der Waals surface area contributed by atoms with E-state index in [2.05, 4.69) is 9.97 Å². The summed E-state index contributed by atoms with van der Waals surface area (Å²) in [6, 6.07) is 2.97. The summed E-state index contributed by atoms with van der Waals surface area (Å²) in [6.07, 6.45) is 6.29. The van der Waals surface area contributed by atoms with Gasteiger partial charge in [-0.1, -0.05) is 0 Å². The molecule has 0 aliphatic carbocycles. The molecule has 3 aromatic rings. The fraction of sp³-hybridized carbons (Fsp3) is 0.286. The standard InChI is InChI=1S/C14H16FN5O/c1-21-13-8-12-11(7-10(13)15)18-14(16)20(12)5-2-4-19-6-3-17-9-19/h3,6-9H,2,4-5H2,1H3,(H2,16,18). The van der Waals surface area contributed by atoms with Gasteiger partial charge < -0.3 is 19.6 Å². The minimum absolute atomic E-state index is 0.193. The molecule has 1 aromatic carbocycles. The monoisotopic (exact) mass is 289 g/mol. The zero-order chi connectivity index (χ0) is 14.8. The van der Waals surface area contributed by atoms with Crippen LogP contribution in [-0.2, 0) is 13.1 Å². The van der Waals surface area contributed by atoms with E-state index in [4.69, 9.17) is 10.5 Å². The molecule has 0 saturated carbocycles. The molecule has 2 aromatic heterocycles. The number of imidazole rings is 2. The van der Waals surface area contributed by atoms with E-state index in [1.54, 1.807) is 18.6 Å². The number of hydrogen-bond donors (Lipinski definition) is 1. The number of aryl methyl sites for hydroxylation is 2. The Balaban J connectivity index is 1.85. The van der Waals surface area contributed by atoms with E-state index in [1.165, 1.54) is 13.2 Å². The second kappa shape index (κ2) is 5.43. The largest absolute Gasteiger partial charge is 0.494 e. The number of halogens is 1. The van der Waals surface area contributed by atoms with Gasteiger partial charge in [-0.05, 0) is 6.42 Å². The van der Waals surface area contributed by atoms with Gasteiger partial charge in [-0.25, -0.2) is 14.4 Å². The highest BCUT2D eigenvalue weighted by Gasteiger charge is 2.12. The molecule has 7 heteroatoms. The Hall–Kier alpha value is -2.57. The molecule has 21 heavy (non-hydrogen) atoms. The highest BCUT2D eigenvalue weighted by atomic mass is 19.1. The number of rotatable bonds is 5. The van der Waals surface area contributed by atoms with Crippen LogP contribution in [0.2, 0.25) is 0 Å². The molecule has 0 unspecified atom stereocenters. The zero-order valence-electron chi connectivity index (χ0n) is 11.7. The molecule has 2 N–H and O–H groups in total.